The van der Waals surface area contributed by atoms with E-state index < -0.39 is 24.5 Å². The van der Waals surface area contributed by atoms with Gasteiger partial charge in [0.2, 0.25) is 0 Å². The minimum Gasteiger partial charge on any atom is -0.392 e. The zero-order valence-corrected chi connectivity index (χ0v) is 15.6. The number of nitrogens with zero attached hydrogens (tertiary/aromatic N) is 2. The predicted octanol–water partition coefficient (Wildman–Crippen LogP) is 4.90. The number of rotatable bonds is 5. The summed E-state index contributed by atoms with van der Waals surface area (Å²) in [5.74, 6) is -1.47. The van der Waals surface area contributed by atoms with Crippen LogP contribution in [0.5, 0.6) is 0 Å². The second-order valence-electron chi connectivity index (χ2n) is 6.79. The molecule has 1 aliphatic rings. The maximum Gasteiger partial charge on any atom is 0.194 e. The van der Waals surface area contributed by atoms with E-state index in [9.17, 15) is 13.2 Å². The summed E-state index contributed by atoms with van der Waals surface area (Å²) < 4.78 is 41.6. The second kappa shape index (κ2) is 8.44. The van der Waals surface area contributed by atoms with Gasteiger partial charge in [-0.15, -0.1) is 0 Å². The van der Waals surface area contributed by atoms with Gasteiger partial charge in [-0.25, -0.2) is 8.78 Å². The van der Waals surface area contributed by atoms with Gasteiger partial charge in [-0.05, 0) is 72.2 Å². The Morgan fingerprint density at radius 3 is 2.07 bits per heavy atom. The van der Waals surface area contributed by atoms with Crippen LogP contribution in [0.2, 0.25) is 0 Å². The van der Waals surface area contributed by atoms with Crippen LogP contribution in [0.25, 0.3) is 5.70 Å². The number of benzene rings is 2. The van der Waals surface area contributed by atoms with Crippen LogP contribution in [-0.4, -0.2) is 28.5 Å². The van der Waals surface area contributed by atoms with Crippen molar-refractivity contribution in [1.82, 2.24) is 4.90 Å². The topological polar surface area (TPSA) is 35.8 Å². The zero-order chi connectivity index (χ0) is 20.3. The molecule has 0 amide bonds. The molecule has 146 valence electrons. The van der Waals surface area contributed by atoms with E-state index in [1.165, 1.54) is 29.2 Å². The molecule has 1 aliphatic heterocycles. The van der Waals surface area contributed by atoms with Crippen molar-refractivity contribution in [3.63, 3.8) is 0 Å². The Morgan fingerprint density at radius 1 is 1.04 bits per heavy atom. The first-order valence-electron chi connectivity index (χ1n) is 8.98. The number of aliphatic hydroxyl groups is 1. The number of aliphatic imine (C=N–C) groups is 1. The first-order chi connectivity index (χ1) is 13.4. The Balaban J connectivity index is 2.17. The molecule has 1 unspecified atom stereocenters. The van der Waals surface area contributed by atoms with Crippen molar-refractivity contribution in [2.75, 3.05) is 6.61 Å². The second-order valence-corrected chi connectivity index (χ2v) is 6.79. The van der Waals surface area contributed by atoms with Gasteiger partial charge in [-0.3, -0.25) is 9.89 Å². The Labute approximate surface area is 162 Å². The molecule has 2 aromatic rings. The van der Waals surface area contributed by atoms with E-state index in [0.717, 1.165) is 6.08 Å². The average molecular weight is 386 g/mol. The van der Waals surface area contributed by atoms with E-state index in [2.05, 4.69) is 4.99 Å². The van der Waals surface area contributed by atoms with Crippen molar-refractivity contribution in [1.29, 1.82) is 0 Å². The quantitative estimate of drug-likeness (QED) is 0.743. The normalized spacial score (nSPS) is 17.6. The maximum atomic E-state index is 14.9. The molecule has 1 heterocycles. The van der Waals surface area contributed by atoms with Crippen molar-refractivity contribution < 1.29 is 18.3 Å². The molecule has 0 bridgehead atoms. The summed E-state index contributed by atoms with van der Waals surface area (Å²) in [5, 5.41) is 9.16. The standard InChI is InChI=1S/C22H21F3N2O/c1-14(2)22-26-19(15-3-7-17(23)8-4-15)13-20(27(22)21(25)11-12-28)16-5-9-18(24)10-6-16/h3-11,13-14,22,28H,12H2,1-2H3/b21-11+. The molecular weight excluding hydrogens is 365 g/mol. The van der Waals surface area contributed by atoms with Crippen molar-refractivity contribution >= 4 is 11.4 Å². The lowest BCUT2D eigenvalue weighted by molar-refractivity contribution is 0.232. The van der Waals surface area contributed by atoms with E-state index in [0.29, 0.717) is 22.5 Å². The van der Waals surface area contributed by atoms with Gasteiger partial charge in [0.25, 0.3) is 0 Å². The van der Waals surface area contributed by atoms with Gasteiger partial charge in [0.1, 0.15) is 17.8 Å². The van der Waals surface area contributed by atoms with Gasteiger partial charge in [-0.2, -0.15) is 4.39 Å². The molecule has 1 N–H and O–H groups in total. The van der Waals surface area contributed by atoms with Crippen molar-refractivity contribution in [2.45, 2.75) is 20.0 Å². The van der Waals surface area contributed by atoms with Crippen molar-refractivity contribution in [3.8, 4) is 0 Å². The van der Waals surface area contributed by atoms with Crippen LogP contribution >= 0.6 is 0 Å². The molecule has 0 saturated heterocycles. The van der Waals surface area contributed by atoms with Crippen LogP contribution < -0.4 is 0 Å². The summed E-state index contributed by atoms with van der Waals surface area (Å²) in [4.78, 5) is 6.06. The Bertz CT molecular complexity index is 916. The number of hydrogen-bond acceptors (Lipinski definition) is 3. The Kier molecular flexibility index (Phi) is 5.99. The number of allylic oxidation sites excluding steroid dienone is 1. The molecule has 28 heavy (non-hydrogen) atoms. The van der Waals surface area contributed by atoms with Gasteiger partial charge in [-0.1, -0.05) is 13.8 Å². The highest BCUT2D eigenvalue weighted by molar-refractivity contribution is 6.13. The summed E-state index contributed by atoms with van der Waals surface area (Å²) in [6, 6.07) is 11.6. The van der Waals surface area contributed by atoms with Crippen molar-refractivity contribution in [3.05, 3.63) is 89.4 Å². The van der Waals surface area contributed by atoms with Crippen LogP contribution in [0.3, 0.4) is 0 Å². The van der Waals surface area contributed by atoms with E-state index in [1.54, 1.807) is 30.3 Å². The highest BCUT2D eigenvalue weighted by Crippen LogP contribution is 2.34. The summed E-state index contributed by atoms with van der Waals surface area (Å²) in [7, 11) is 0. The first kappa shape index (κ1) is 19.9. The van der Waals surface area contributed by atoms with E-state index >= 15 is 0 Å². The maximum absolute atomic E-state index is 14.9. The average Bonchev–Trinajstić information content (AvgIpc) is 2.68. The highest BCUT2D eigenvalue weighted by atomic mass is 19.1. The fourth-order valence-corrected chi connectivity index (χ4v) is 3.06. The van der Waals surface area contributed by atoms with Gasteiger partial charge in [0, 0.05) is 5.56 Å². The monoisotopic (exact) mass is 386 g/mol. The summed E-state index contributed by atoms with van der Waals surface area (Å²) >= 11 is 0. The van der Waals surface area contributed by atoms with Crippen LogP contribution in [0.15, 0.2) is 71.6 Å². The molecule has 0 aromatic heterocycles. The SMILES string of the molecule is CC(C)C1N=C(c2ccc(F)cc2)C=C(c2ccc(F)cc2)N1/C(F)=C/CO. The van der Waals surface area contributed by atoms with Gasteiger partial charge in [0.15, 0.2) is 5.95 Å². The van der Waals surface area contributed by atoms with Gasteiger partial charge >= 0.3 is 0 Å². The Hall–Kier alpha value is -2.86. The Morgan fingerprint density at radius 2 is 1.57 bits per heavy atom. The lowest BCUT2D eigenvalue weighted by atomic mass is 9.99. The third-order valence-electron chi connectivity index (χ3n) is 4.43. The molecule has 0 fully saturated rings. The lowest BCUT2D eigenvalue weighted by Gasteiger charge is -2.37. The predicted molar refractivity (Wildman–Crippen MR) is 104 cm³/mol. The molecule has 3 nitrogen and oxygen atoms in total. The lowest BCUT2D eigenvalue weighted by Crippen LogP contribution is -2.38. The minimum absolute atomic E-state index is 0.0718. The molecule has 6 heteroatoms. The van der Waals surface area contributed by atoms with Crippen LogP contribution in [-0.2, 0) is 0 Å². The third kappa shape index (κ3) is 4.17. The number of hydrogen-bond donors (Lipinski definition) is 1. The van der Waals surface area contributed by atoms with Gasteiger partial charge in [0.05, 0.1) is 18.0 Å². The summed E-state index contributed by atoms with van der Waals surface area (Å²) in [6.45, 7) is 3.35. The third-order valence-corrected chi connectivity index (χ3v) is 4.43. The molecule has 3 rings (SSSR count). The summed E-state index contributed by atoms with van der Waals surface area (Å²) in [5.41, 5.74) is 2.35. The minimum atomic E-state index is -0.640. The van der Waals surface area contributed by atoms with Crippen LogP contribution in [0, 0.1) is 17.6 Å². The zero-order valence-electron chi connectivity index (χ0n) is 15.6. The van der Waals surface area contributed by atoms with E-state index in [4.69, 9.17) is 5.11 Å². The first-order valence-corrected chi connectivity index (χ1v) is 8.98. The van der Waals surface area contributed by atoms with Crippen LogP contribution in [0.1, 0.15) is 25.0 Å². The van der Waals surface area contributed by atoms with E-state index in [1.807, 2.05) is 13.8 Å². The molecule has 2 aromatic carbocycles. The number of halogens is 3. The molecule has 0 saturated carbocycles. The largest absolute Gasteiger partial charge is 0.392 e. The van der Waals surface area contributed by atoms with Crippen molar-refractivity contribution in [2.24, 2.45) is 10.9 Å². The molecule has 0 spiro atoms. The fraction of sp³-hybridized carbons (Fsp3) is 0.227. The summed E-state index contributed by atoms with van der Waals surface area (Å²) in [6.07, 6.45) is 2.16. The molecule has 0 aliphatic carbocycles. The smallest absolute Gasteiger partial charge is 0.194 e. The fourth-order valence-electron chi connectivity index (χ4n) is 3.06. The molecule has 1 atom stereocenters. The highest BCUT2D eigenvalue weighted by Gasteiger charge is 2.31. The molecule has 0 radical (unpaired) electrons. The van der Waals surface area contributed by atoms with E-state index in [-0.39, 0.29) is 11.7 Å². The number of aliphatic hydroxyl groups excluding tert-OH is 1. The molecular formula is C22H21F3N2O. The van der Waals surface area contributed by atoms with Gasteiger partial charge < -0.3 is 5.11 Å². The van der Waals surface area contributed by atoms with Crippen LogP contribution in [0.4, 0.5) is 13.2 Å².